The summed E-state index contributed by atoms with van der Waals surface area (Å²) in [5, 5.41) is 93.3. The molecule has 2 aromatic rings. The van der Waals surface area contributed by atoms with Crippen LogP contribution in [0, 0.1) is 5.92 Å². The van der Waals surface area contributed by atoms with Crippen LogP contribution < -0.4 is 70.0 Å². The highest BCUT2D eigenvalue weighted by Gasteiger charge is 2.37. The van der Waals surface area contributed by atoms with E-state index in [9.17, 15) is 97.8 Å². The molecule has 23 N–H and O–H groups in total. The molecule has 0 bridgehead atoms. The van der Waals surface area contributed by atoms with E-state index in [1.165, 1.54) is 43.7 Å². The minimum Gasteiger partial charge on any atom is -0.508 e. The second-order valence-electron chi connectivity index (χ2n) is 20.4. The molecular weight excluding hydrogens is 1160 g/mol. The summed E-state index contributed by atoms with van der Waals surface area (Å²) in [5.74, 6) is -17.5. The van der Waals surface area contributed by atoms with E-state index in [2.05, 4.69) is 57.8 Å². The number of aliphatic carboxylic acids is 2. The van der Waals surface area contributed by atoms with Crippen molar-refractivity contribution in [3.05, 3.63) is 48.0 Å². The van der Waals surface area contributed by atoms with Crippen molar-refractivity contribution in [3.63, 3.8) is 0 Å². The maximum absolute atomic E-state index is 13.8. The second-order valence-corrected chi connectivity index (χ2v) is 20.4. The number of aromatic amines is 1. The van der Waals surface area contributed by atoms with E-state index in [1.807, 2.05) is 10.6 Å². The topological polar surface area (TPSA) is 594 Å². The number of aliphatic hydroxyl groups is 4. The van der Waals surface area contributed by atoms with Gasteiger partial charge >= 0.3 is 11.9 Å². The Labute approximate surface area is 496 Å². The molecule has 0 aliphatic carbocycles. The Balaban J connectivity index is 2.23. The highest BCUT2D eigenvalue weighted by molar-refractivity contribution is 6.00. The minimum atomic E-state index is -2.17. The van der Waals surface area contributed by atoms with Crippen molar-refractivity contribution in [2.45, 2.75) is 152 Å². The van der Waals surface area contributed by atoms with Crippen LogP contribution in [0.3, 0.4) is 0 Å². The van der Waals surface area contributed by atoms with Crippen LogP contribution in [0.2, 0.25) is 0 Å². The first-order chi connectivity index (χ1) is 40.7. The van der Waals surface area contributed by atoms with Gasteiger partial charge in [0, 0.05) is 19.0 Å². The highest BCUT2D eigenvalue weighted by atomic mass is 16.4. The first-order valence-electron chi connectivity index (χ1n) is 26.8. The van der Waals surface area contributed by atoms with Gasteiger partial charge in [-0.15, -0.1) is 0 Å². The number of hydrogen-bond acceptors (Lipinski definition) is 21. The van der Waals surface area contributed by atoms with Crippen molar-refractivity contribution in [1.29, 1.82) is 0 Å². The van der Waals surface area contributed by atoms with E-state index < -0.39 is 201 Å². The summed E-state index contributed by atoms with van der Waals surface area (Å²) >= 11 is 0. The quantitative estimate of drug-likeness (QED) is 0.0299. The molecule has 0 saturated heterocycles. The monoisotopic (exact) mass is 1240 g/mol. The van der Waals surface area contributed by atoms with Gasteiger partial charge in [-0.2, -0.15) is 0 Å². The molecule has 0 radical (unpaired) electrons. The van der Waals surface area contributed by atoms with E-state index in [0.717, 1.165) is 20.8 Å². The standard InChI is InChI=1S/C51H77N15O21/c1-21(2)11-30(59-41(76)23(4)58-43(78)29(52)18-67)47(82)66-40(25(6)70)50(85)64-35(19-68)48(83)62-33(15-38(74)75)46(81)61-32(14-36(53)72)45(80)60-31(13-27-16-54-20-56-27)44(79)55-17-37(73)57-22(3)42(77)65-39(24(5)69)49(84)63-34(51(86)87)12-26-7-9-28(71)10-8-26/h7-10,16,20-25,29-35,39-40,67-71H,11-15,17-19,52H2,1-6H3,(H2,53,72)(H,54,56)(H,55,79)(H,57,73)(H,58,78)(H,59,76)(H,60,80)(H,61,81)(H,62,83)(H,63,84)(H,64,85)(H,65,77)(H,66,82)(H,74,75)(H,86,87)/t22-,23-,24+,25+,29-,30-,31-,32-,33-,34-,35-,39-,40-/m0/s1. The van der Waals surface area contributed by atoms with Gasteiger partial charge in [0.05, 0.1) is 56.8 Å². The lowest BCUT2D eigenvalue weighted by atomic mass is 10.0. The van der Waals surface area contributed by atoms with Crippen LogP contribution in [0.25, 0.3) is 0 Å². The number of benzene rings is 1. The van der Waals surface area contributed by atoms with Gasteiger partial charge in [0.2, 0.25) is 70.9 Å². The summed E-state index contributed by atoms with van der Waals surface area (Å²) in [6.07, 6.45) is -3.86. The highest BCUT2D eigenvalue weighted by Crippen LogP contribution is 2.13. The molecule has 0 aliphatic heterocycles. The minimum absolute atomic E-state index is 0.0556. The number of imidazole rings is 1. The van der Waals surface area contributed by atoms with E-state index in [-0.39, 0.29) is 30.2 Å². The Kier molecular flexibility index (Phi) is 30.3. The van der Waals surface area contributed by atoms with Gasteiger partial charge < -0.3 is 111 Å². The largest absolute Gasteiger partial charge is 0.508 e. The Hall–Kier alpha value is -9.39. The fraction of sp³-hybridized carbons (Fsp3) is 0.549. The van der Waals surface area contributed by atoms with Gasteiger partial charge in [-0.05, 0) is 57.7 Å². The van der Waals surface area contributed by atoms with Crippen molar-refractivity contribution in [1.82, 2.24) is 68.5 Å². The number of phenols is 1. The molecule has 482 valence electrons. The van der Waals surface area contributed by atoms with Gasteiger partial charge in [0.1, 0.15) is 72.2 Å². The number of rotatable bonds is 37. The van der Waals surface area contributed by atoms with Crippen LogP contribution in [-0.2, 0) is 80.0 Å². The summed E-state index contributed by atoms with van der Waals surface area (Å²) < 4.78 is 0. The summed E-state index contributed by atoms with van der Waals surface area (Å²) in [7, 11) is 0. The number of H-pyrrole nitrogens is 1. The smallest absolute Gasteiger partial charge is 0.326 e. The third-order valence-electron chi connectivity index (χ3n) is 12.4. The molecule has 1 aromatic carbocycles. The molecular formula is C51H77N15O21. The fourth-order valence-corrected chi connectivity index (χ4v) is 7.68. The molecule has 12 amide bonds. The first kappa shape index (κ1) is 73.7. The Morgan fingerprint density at radius 1 is 0.529 bits per heavy atom. The average molecular weight is 1240 g/mol. The number of carbonyl (C=O) groups is 14. The van der Waals surface area contributed by atoms with Gasteiger partial charge in [0.15, 0.2) is 0 Å². The Morgan fingerprint density at radius 2 is 1.00 bits per heavy atom. The SMILES string of the molecule is CC(C)C[C@H](NC(=O)[C@H](C)NC(=O)[C@@H](N)CO)C(=O)N[C@H](C(=O)N[C@@H](CO)C(=O)N[C@@H](CC(=O)O)C(=O)N[C@@H](CC(N)=O)C(=O)N[C@@H](Cc1c[nH]cn1)C(=O)NCC(=O)N[C@@H](C)C(=O)N[C@H](C(=O)N[C@@H](Cc1ccc(O)cc1)C(=O)O)[C@@H](C)O)[C@@H](C)O. The average Bonchev–Trinajstić information content (AvgIpc) is 4.11. The van der Waals surface area contributed by atoms with Crippen LogP contribution >= 0.6 is 0 Å². The van der Waals surface area contributed by atoms with E-state index in [4.69, 9.17) is 16.6 Å². The number of aromatic nitrogens is 2. The van der Waals surface area contributed by atoms with Gasteiger partial charge in [0.25, 0.3) is 0 Å². The fourth-order valence-electron chi connectivity index (χ4n) is 7.68. The lowest BCUT2D eigenvalue weighted by Gasteiger charge is -2.28. The number of amides is 12. The number of hydrogen-bond donors (Lipinski definition) is 21. The molecule has 0 spiro atoms. The lowest BCUT2D eigenvalue weighted by Crippen LogP contribution is -2.62. The predicted octanol–water partition coefficient (Wildman–Crippen LogP) is -9.54. The molecule has 2 rings (SSSR count). The molecule has 36 nitrogen and oxygen atoms in total. The lowest BCUT2D eigenvalue weighted by molar-refractivity contribution is -0.143. The van der Waals surface area contributed by atoms with Crippen LogP contribution in [0.15, 0.2) is 36.8 Å². The molecule has 0 fully saturated rings. The Morgan fingerprint density at radius 3 is 1.48 bits per heavy atom. The summed E-state index contributed by atoms with van der Waals surface area (Å²) in [4.78, 5) is 189. The zero-order valence-electron chi connectivity index (χ0n) is 48.2. The van der Waals surface area contributed by atoms with Crippen molar-refractivity contribution in [3.8, 4) is 5.75 Å². The first-order valence-corrected chi connectivity index (χ1v) is 26.8. The normalized spacial score (nSPS) is 15.5. The van der Waals surface area contributed by atoms with Crippen molar-refractivity contribution < 1.29 is 103 Å². The van der Waals surface area contributed by atoms with E-state index in [1.54, 1.807) is 13.8 Å². The maximum Gasteiger partial charge on any atom is 0.326 e. The molecule has 0 aliphatic rings. The number of nitrogens with zero attached hydrogens (tertiary/aromatic N) is 1. The van der Waals surface area contributed by atoms with E-state index >= 15 is 0 Å². The van der Waals surface area contributed by atoms with E-state index in [0.29, 0.717) is 5.56 Å². The van der Waals surface area contributed by atoms with Crippen molar-refractivity contribution in [2.75, 3.05) is 19.8 Å². The van der Waals surface area contributed by atoms with Crippen LogP contribution in [0.5, 0.6) is 5.75 Å². The number of nitrogens with two attached hydrogens (primary N) is 2. The van der Waals surface area contributed by atoms with Gasteiger partial charge in [-0.1, -0.05) is 26.0 Å². The van der Waals surface area contributed by atoms with Crippen LogP contribution in [0.1, 0.15) is 72.1 Å². The maximum atomic E-state index is 13.8. The zero-order valence-corrected chi connectivity index (χ0v) is 48.2. The Bertz CT molecular complexity index is 2750. The van der Waals surface area contributed by atoms with Gasteiger partial charge in [-0.25, -0.2) is 9.78 Å². The summed E-state index contributed by atoms with van der Waals surface area (Å²) in [5.41, 5.74) is 11.4. The third-order valence-corrected chi connectivity index (χ3v) is 12.4. The van der Waals surface area contributed by atoms with Gasteiger partial charge in [-0.3, -0.25) is 62.3 Å². The molecule has 36 heteroatoms. The van der Waals surface area contributed by atoms with Crippen LogP contribution in [0.4, 0.5) is 0 Å². The molecule has 1 heterocycles. The predicted molar refractivity (Wildman–Crippen MR) is 296 cm³/mol. The molecule has 0 saturated carbocycles. The molecule has 13 atom stereocenters. The third kappa shape index (κ3) is 25.8. The van der Waals surface area contributed by atoms with Crippen molar-refractivity contribution >= 4 is 82.8 Å². The molecule has 87 heavy (non-hydrogen) atoms. The number of primary amides is 1. The number of carboxylic acids is 2. The van der Waals surface area contributed by atoms with Crippen molar-refractivity contribution in [2.24, 2.45) is 17.4 Å². The second kappa shape index (κ2) is 35.8. The number of carboxylic acid groups (broad SMARTS) is 2. The zero-order chi connectivity index (χ0) is 66.0. The molecule has 0 unspecified atom stereocenters. The van der Waals surface area contributed by atoms with Crippen LogP contribution in [-0.4, -0.2) is 227 Å². The number of aliphatic hydroxyl groups excluding tert-OH is 4. The number of carbonyl (C=O) groups excluding carboxylic acids is 12. The summed E-state index contributed by atoms with van der Waals surface area (Å²) in [6.45, 7) is 5.04. The molecule has 1 aromatic heterocycles. The number of aromatic hydroxyl groups is 1. The summed E-state index contributed by atoms with van der Waals surface area (Å²) in [6, 6.07) is -13.3. The number of nitrogens with one attached hydrogen (secondary N) is 12. The number of phenolic OH excluding ortho intramolecular Hbond substituents is 1.